The van der Waals surface area contributed by atoms with E-state index in [0.717, 1.165) is 0 Å². The highest BCUT2D eigenvalue weighted by Gasteiger charge is 2.30. The molecule has 0 N–H and O–H groups in total. The number of ether oxygens (including phenoxy) is 2. The topological polar surface area (TPSA) is 81.9 Å². The minimum Gasteiger partial charge on any atom is -0.466 e. The van der Waals surface area contributed by atoms with E-state index < -0.39 is 16.7 Å². The SMILES string of the molecule is CC/C(=C/C(=O)OC)c1cc(F)c(N(CC)C2CCOCC2)c([N+](=O)[O-])c1. The van der Waals surface area contributed by atoms with Gasteiger partial charge in [0.1, 0.15) is 0 Å². The van der Waals surface area contributed by atoms with Gasteiger partial charge >= 0.3 is 5.97 Å². The zero-order valence-corrected chi connectivity index (χ0v) is 15.9. The highest BCUT2D eigenvalue weighted by molar-refractivity contribution is 5.92. The van der Waals surface area contributed by atoms with Crippen LogP contribution in [0.4, 0.5) is 15.8 Å². The fourth-order valence-corrected chi connectivity index (χ4v) is 3.38. The normalized spacial score (nSPS) is 15.5. The van der Waals surface area contributed by atoms with Crippen molar-refractivity contribution in [3.63, 3.8) is 0 Å². The van der Waals surface area contributed by atoms with Gasteiger partial charge in [-0.3, -0.25) is 10.1 Å². The molecule has 0 aromatic heterocycles. The fraction of sp³-hybridized carbons (Fsp3) is 0.526. The van der Waals surface area contributed by atoms with Crippen LogP contribution < -0.4 is 4.90 Å². The first-order valence-electron chi connectivity index (χ1n) is 9.04. The summed E-state index contributed by atoms with van der Waals surface area (Å²) in [4.78, 5) is 24.4. The van der Waals surface area contributed by atoms with E-state index in [9.17, 15) is 14.9 Å². The van der Waals surface area contributed by atoms with Gasteiger partial charge in [0, 0.05) is 37.9 Å². The second-order valence-electron chi connectivity index (χ2n) is 6.26. The van der Waals surface area contributed by atoms with Gasteiger partial charge in [-0.05, 0) is 43.4 Å². The van der Waals surface area contributed by atoms with Gasteiger partial charge < -0.3 is 14.4 Å². The highest BCUT2D eigenvalue weighted by Crippen LogP contribution is 2.37. The standard InChI is InChI=1S/C19H25FN2O5/c1-4-13(12-18(23)26-3)14-10-16(20)19(17(11-14)22(24)25)21(5-2)15-6-8-27-9-7-15/h10-12,15H,4-9H2,1-3H3/b13-12-. The number of halogens is 1. The lowest BCUT2D eigenvalue weighted by Gasteiger charge is -2.35. The second-order valence-corrected chi connectivity index (χ2v) is 6.26. The quantitative estimate of drug-likeness (QED) is 0.310. The largest absolute Gasteiger partial charge is 0.466 e. The fourth-order valence-electron chi connectivity index (χ4n) is 3.38. The summed E-state index contributed by atoms with van der Waals surface area (Å²) in [5, 5.41) is 11.7. The van der Waals surface area contributed by atoms with Gasteiger partial charge in [-0.25, -0.2) is 9.18 Å². The number of rotatable bonds is 7. The molecule has 1 aliphatic rings. The van der Waals surface area contributed by atoms with Crippen LogP contribution in [-0.2, 0) is 14.3 Å². The molecular formula is C19H25FN2O5. The van der Waals surface area contributed by atoms with Crippen molar-refractivity contribution in [3.05, 3.63) is 39.7 Å². The first-order chi connectivity index (χ1) is 12.9. The molecule has 0 amide bonds. The number of nitro benzene ring substituents is 1. The third-order valence-corrected chi connectivity index (χ3v) is 4.74. The number of hydrogen-bond acceptors (Lipinski definition) is 6. The monoisotopic (exact) mass is 380 g/mol. The predicted molar refractivity (Wildman–Crippen MR) is 100 cm³/mol. The van der Waals surface area contributed by atoms with Gasteiger partial charge in [-0.1, -0.05) is 6.92 Å². The van der Waals surface area contributed by atoms with Crippen molar-refractivity contribution in [2.45, 2.75) is 39.2 Å². The number of benzene rings is 1. The third-order valence-electron chi connectivity index (χ3n) is 4.74. The van der Waals surface area contributed by atoms with E-state index >= 15 is 4.39 Å². The lowest BCUT2D eigenvalue weighted by Crippen LogP contribution is -2.40. The molecule has 7 nitrogen and oxygen atoms in total. The average molecular weight is 380 g/mol. The summed E-state index contributed by atoms with van der Waals surface area (Å²) in [5.41, 5.74) is 0.470. The number of hydrogen-bond donors (Lipinski definition) is 0. The van der Waals surface area contributed by atoms with E-state index in [-0.39, 0.29) is 17.4 Å². The molecule has 148 valence electrons. The molecule has 8 heteroatoms. The van der Waals surface area contributed by atoms with Gasteiger partial charge in [0.2, 0.25) is 0 Å². The molecule has 1 heterocycles. The first kappa shape index (κ1) is 20.8. The maximum Gasteiger partial charge on any atom is 0.330 e. The Morgan fingerprint density at radius 1 is 1.41 bits per heavy atom. The van der Waals surface area contributed by atoms with Gasteiger partial charge in [0.05, 0.1) is 12.0 Å². The molecule has 0 spiro atoms. The summed E-state index contributed by atoms with van der Waals surface area (Å²) in [5.74, 6) is -1.26. The second kappa shape index (κ2) is 9.45. The molecule has 0 aliphatic carbocycles. The van der Waals surface area contributed by atoms with Crippen molar-refractivity contribution in [2.75, 3.05) is 31.8 Å². The molecule has 1 aliphatic heterocycles. The van der Waals surface area contributed by atoms with Gasteiger partial charge in [-0.2, -0.15) is 0 Å². The number of nitro groups is 1. The predicted octanol–water partition coefficient (Wildman–Crippen LogP) is 3.71. The Morgan fingerprint density at radius 3 is 2.59 bits per heavy atom. The molecule has 0 radical (unpaired) electrons. The molecule has 0 bridgehead atoms. The summed E-state index contributed by atoms with van der Waals surface area (Å²) in [6.45, 7) is 5.18. The smallest absolute Gasteiger partial charge is 0.330 e. The molecule has 27 heavy (non-hydrogen) atoms. The number of carbonyl (C=O) groups excluding carboxylic acids is 1. The van der Waals surface area contributed by atoms with E-state index in [4.69, 9.17) is 4.74 Å². The van der Waals surface area contributed by atoms with Crippen LogP contribution in [-0.4, -0.2) is 43.8 Å². The minimum atomic E-state index is -0.670. The Bertz CT molecular complexity index is 729. The van der Waals surface area contributed by atoms with E-state index in [1.165, 1.54) is 25.3 Å². The third kappa shape index (κ3) is 4.82. The Hall–Kier alpha value is -2.48. The molecule has 0 unspecified atom stereocenters. The van der Waals surface area contributed by atoms with Crippen molar-refractivity contribution >= 4 is 22.9 Å². The maximum atomic E-state index is 15.1. The van der Waals surface area contributed by atoms with Crippen LogP contribution in [0, 0.1) is 15.9 Å². The Morgan fingerprint density at radius 2 is 2.07 bits per heavy atom. The zero-order valence-electron chi connectivity index (χ0n) is 15.9. The van der Waals surface area contributed by atoms with Gasteiger partial charge in [0.15, 0.2) is 11.5 Å². The Labute approximate surface area is 157 Å². The Kier molecular flexibility index (Phi) is 7.29. The lowest BCUT2D eigenvalue weighted by atomic mass is 9.99. The molecule has 1 aromatic carbocycles. The zero-order chi connectivity index (χ0) is 20.0. The van der Waals surface area contributed by atoms with Crippen LogP contribution in [0.1, 0.15) is 38.7 Å². The van der Waals surface area contributed by atoms with E-state index in [1.54, 1.807) is 11.8 Å². The summed E-state index contributed by atoms with van der Waals surface area (Å²) in [7, 11) is 1.24. The van der Waals surface area contributed by atoms with Crippen LogP contribution in [0.15, 0.2) is 18.2 Å². The first-order valence-corrected chi connectivity index (χ1v) is 9.04. The number of methoxy groups -OCH3 is 1. The summed E-state index contributed by atoms with van der Waals surface area (Å²) < 4.78 is 25.0. The van der Waals surface area contributed by atoms with Gasteiger partial charge in [0.25, 0.3) is 5.69 Å². The summed E-state index contributed by atoms with van der Waals surface area (Å²) in [6.07, 6.45) is 3.01. The number of anilines is 1. The van der Waals surface area contributed by atoms with Crippen LogP contribution in [0.2, 0.25) is 0 Å². The number of esters is 1. The molecule has 1 saturated heterocycles. The molecule has 1 aromatic rings. The lowest BCUT2D eigenvalue weighted by molar-refractivity contribution is -0.384. The van der Waals surface area contributed by atoms with E-state index in [1.807, 2.05) is 6.92 Å². The average Bonchev–Trinajstić information content (AvgIpc) is 2.68. The van der Waals surface area contributed by atoms with Crippen LogP contribution >= 0.6 is 0 Å². The van der Waals surface area contributed by atoms with Crippen molar-refractivity contribution in [1.29, 1.82) is 0 Å². The number of nitrogens with zero attached hydrogens (tertiary/aromatic N) is 2. The summed E-state index contributed by atoms with van der Waals surface area (Å²) >= 11 is 0. The molecule has 1 fully saturated rings. The van der Waals surface area contributed by atoms with Crippen molar-refractivity contribution in [1.82, 2.24) is 0 Å². The number of carbonyl (C=O) groups is 1. The van der Waals surface area contributed by atoms with Crippen molar-refractivity contribution in [3.8, 4) is 0 Å². The number of allylic oxidation sites excluding steroid dienone is 1. The summed E-state index contributed by atoms with van der Waals surface area (Å²) in [6, 6.07) is 2.57. The maximum absolute atomic E-state index is 15.1. The van der Waals surface area contributed by atoms with E-state index in [0.29, 0.717) is 50.2 Å². The molecule has 2 rings (SSSR count). The van der Waals surface area contributed by atoms with Crippen LogP contribution in [0.5, 0.6) is 0 Å². The van der Waals surface area contributed by atoms with Crippen LogP contribution in [0.25, 0.3) is 5.57 Å². The van der Waals surface area contributed by atoms with Crippen molar-refractivity contribution in [2.24, 2.45) is 0 Å². The molecule has 0 atom stereocenters. The Balaban J connectivity index is 2.54. The van der Waals surface area contributed by atoms with E-state index in [2.05, 4.69) is 4.74 Å². The van der Waals surface area contributed by atoms with Crippen molar-refractivity contribution < 1.29 is 23.6 Å². The molecule has 0 saturated carbocycles. The van der Waals surface area contributed by atoms with Crippen LogP contribution in [0.3, 0.4) is 0 Å². The molecular weight excluding hydrogens is 355 g/mol. The van der Waals surface area contributed by atoms with Gasteiger partial charge in [-0.15, -0.1) is 0 Å². The highest BCUT2D eigenvalue weighted by atomic mass is 19.1. The minimum absolute atomic E-state index is 0.00771.